The minimum atomic E-state index is -2.27. The third kappa shape index (κ3) is 26.1. The van der Waals surface area contributed by atoms with Crippen molar-refractivity contribution in [3.8, 4) is 0 Å². The molecule has 0 spiro atoms. The minimum Gasteiger partial charge on any atom is -0.481 e. The monoisotopic (exact) mass is 274 g/mol. The number of carbonyl (C=O) groups is 2. The summed E-state index contributed by atoms with van der Waals surface area (Å²) in [6, 6.07) is 0. The van der Waals surface area contributed by atoms with E-state index in [-0.39, 0.29) is 52.4 Å². The summed E-state index contributed by atoms with van der Waals surface area (Å²) in [6.07, 6.45) is -0.806. The number of carboxylic acid groups (broad SMARTS) is 2. The van der Waals surface area contributed by atoms with Gasteiger partial charge in [0.15, 0.2) is 0 Å². The molecule has 0 unspecified atom stereocenters. The molecule has 0 aliphatic rings. The minimum absolute atomic E-state index is 0. The molecular weight excluding hydrogens is 269 g/mol. The van der Waals surface area contributed by atoms with Crippen LogP contribution >= 0.6 is 0 Å². The zero-order valence-electron chi connectivity index (χ0n) is 10.6. The molecule has 0 bridgehead atoms. The fraction of sp³-hybridized carbons (Fsp3) is 0.333. The molecule has 0 saturated heterocycles. The molecule has 96 valence electrons. The Bertz CT molecular complexity index is 265. The Balaban J connectivity index is -0.000000126. The van der Waals surface area contributed by atoms with Crippen molar-refractivity contribution in [2.45, 2.75) is 6.42 Å². The van der Waals surface area contributed by atoms with Crippen LogP contribution in [0.1, 0.15) is 6.42 Å². The van der Waals surface area contributed by atoms with Gasteiger partial charge in [-0.15, -0.1) is 0 Å². The maximum atomic E-state index is 10.1. The van der Waals surface area contributed by atoms with Crippen molar-refractivity contribution in [2.24, 2.45) is 0 Å². The normalized spacial score (nSPS) is 6.90. The third-order valence-corrected chi connectivity index (χ3v) is 0.858. The Labute approximate surface area is 138 Å². The summed E-state index contributed by atoms with van der Waals surface area (Å²) >= 11 is 0. The van der Waals surface area contributed by atoms with E-state index in [1.807, 2.05) is 0 Å². The van der Waals surface area contributed by atoms with Crippen molar-refractivity contribution in [3.05, 3.63) is 0 Å². The first-order chi connectivity index (χ1) is 8.33. The van der Waals surface area contributed by atoms with Gasteiger partial charge in [-0.25, -0.2) is 0 Å². The summed E-state index contributed by atoms with van der Waals surface area (Å²) in [5.41, 5.74) is 0. The quantitative estimate of drug-likeness (QED) is 0.316. The Morgan fingerprint density at radius 2 is 1.25 bits per heavy atom. The van der Waals surface area contributed by atoms with E-state index in [2.05, 4.69) is 13.7 Å². The zero-order valence-corrected chi connectivity index (χ0v) is 10.6. The molecule has 0 atom stereocenters. The predicted octanol–water partition coefficient (Wildman–Crippen LogP) is -10.8. The van der Waals surface area contributed by atoms with Gasteiger partial charge in [0.25, 0.3) is 0 Å². The molecule has 0 radical (unpaired) electrons. The van der Waals surface area contributed by atoms with Crippen LogP contribution in [0.4, 0.5) is 0 Å². The standard InChI is InChI=1S/C3H4O4.B4O7.2Li/c4-2(5)1-3(6)7;5-1-9-3(7)11-4(8)10-2-6;;/h1H2,(H,4,5)(H,6,7);;;/q;-2;2*+1. The first kappa shape index (κ1) is 27.8. The molecule has 0 fully saturated rings. The van der Waals surface area contributed by atoms with Gasteiger partial charge in [-0.2, -0.15) is 0 Å². The molecule has 0 heterocycles. The molecule has 0 aromatic rings. The third-order valence-electron chi connectivity index (χ3n) is 0.858. The predicted molar refractivity (Wildman–Crippen MR) is 47.5 cm³/mol. The van der Waals surface area contributed by atoms with Gasteiger partial charge < -0.3 is 10.2 Å². The topological polar surface area (TPSA) is 183 Å². The summed E-state index contributed by atoms with van der Waals surface area (Å²) in [5.74, 6) is -2.62. The molecule has 0 rings (SSSR count). The fourth-order valence-electron chi connectivity index (χ4n) is 0.375. The number of rotatable bonds is 8. The van der Waals surface area contributed by atoms with Crippen LogP contribution in [0.15, 0.2) is 0 Å². The van der Waals surface area contributed by atoms with E-state index in [1.54, 1.807) is 0 Å². The van der Waals surface area contributed by atoms with Crippen LogP contribution in [0.5, 0.6) is 0 Å². The average molecular weight is 273 g/mol. The van der Waals surface area contributed by atoms with Crippen molar-refractivity contribution < 1.29 is 90.7 Å². The summed E-state index contributed by atoms with van der Waals surface area (Å²) < 4.78 is 29.8. The van der Waals surface area contributed by atoms with Crippen LogP contribution in [-0.4, -0.2) is 51.5 Å². The number of carboxylic acids is 2. The van der Waals surface area contributed by atoms with Crippen molar-refractivity contribution in [1.29, 1.82) is 0 Å². The first-order valence-corrected chi connectivity index (χ1v) is 3.92. The average Bonchev–Trinajstić information content (AvgIpc) is 2.16. The van der Waals surface area contributed by atoms with Crippen LogP contribution < -0.4 is 47.8 Å². The molecule has 0 amide bonds. The molecule has 17 heteroatoms. The van der Waals surface area contributed by atoms with Crippen LogP contribution in [0.25, 0.3) is 0 Å². The number of hydrogen-bond acceptors (Lipinski definition) is 9. The van der Waals surface area contributed by atoms with E-state index in [0.29, 0.717) is 0 Å². The van der Waals surface area contributed by atoms with E-state index < -0.39 is 33.0 Å². The molecule has 0 aromatic carbocycles. The molecule has 2 N–H and O–H groups in total. The van der Waals surface area contributed by atoms with E-state index in [4.69, 9.17) is 10.2 Å². The van der Waals surface area contributed by atoms with E-state index in [9.17, 15) is 29.0 Å². The molecule has 20 heavy (non-hydrogen) atoms. The van der Waals surface area contributed by atoms with Gasteiger partial charge in [-0.1, -0.05) is 0 Å². The van der Waals surface area contributed by atoms with Gasteiger partial charge in [-0.3, -0.25) is 9.59 Å². The Morgan fingerprint density at radius 3 is 1.40 bits per heavy atom. The summed E-state index contributed by atoms with van der Waals surface area (Å²) in [6.45, 7) is 0. The van der Waals surface area contributed by atoms with Gasteiger partial charge in [0, 0.05) is 0 Å². The number of aliphatic carboxylic acids is 2. The van der Waals surface area contributed by atoms with Crippen LogP contribution in [0.3, 0.4) is 0 Å². The van der Waals surface area contributed by atoms with Gasteiger partial charge in [-0.05, 0) is 0 Å². The largest absolute Gasteiger partial charge is 1.00 e. The number of hydrogen-bond donors (Lipinski definition) is 2. The van der Waals surface area contributed by atoms with Crippen molar-refractivity contribution in [1.82, 2.24) is 0 Å². The molecule has 11 nitrogen and oxygen atoms in total. The maximum Gasteiger partial charge on any atom is 1.00 e. The molecular formula is C3H4B4Li2O11. The summed E-state index contributed by atoms with van der Waals surface area (Å²) in [7, 11) is -4.92. The molecule has 0 saturated carbocycles. The Morgan fingerprint density at radius 1 is 0.950 bits per heavy atom. The van der Waals surface area contributed by atoms with Gasteiger partial charge in [0.1, 0.15) is 6.42 Å². The van der Waals surface area contributed by atoms with Crippen molar-refractivity contribution in [3.63, 3.8) is 0 Å². The summed E-state index contributed by atoms with van der Waals surface area (Å²) in [5, 5.41) is 35.7. The molecule has 0 aliphatic heterocycles. The zero-order chi connectivity index (χ0) is 14.6. The van der Waals surface area contributed by atoms with Crippen LogP contribution in [-0.2, 0) is 32.7 Å². The van der Waals surface area contributed by atoms with E-state index in [1.165, 1.54) is 0 Å². The van der Waals surface area contributed by atoms with E-state index >= 15 is 0 Å². The van der Waals surface area contributed by atoms with E-state index in [0.717, 1.165) is 0 Å². The SMILES string of the molecule is O=BOB([O-])OB([O-])OB=O.O=C(O)CC(=O)O.[Li+].[Li+]. The second-order valence-electron chi connectivity index (χ2n) is 2.14. The second-order valence-corrected chi connectivity index (χ2v) is 2.14. The van der Waals surface area contributed by atoms with Crippen LogP contribution in [0, 0.1) is 0 Å². The molecule has 0 aromatic heterocycles. The Kier molecular flexibility index (Phi) is 25.6. The van der Waals surface area contributed by atoms with Crippen LogP contribution in [0.2, 0.25) is 0 Å². The van der Waals surface area contributed by atoms with Gasteiger partial charge in [0.2, 0.25) is 0 Å². The smallest absolute Gasteiger partial charge is 0.481 e. The summed E-state index contributed by atoms with van der Waals surface area (Å²) in [4.78, 5) is 18.9. The molecule has 0 aliphatic carbocycles. The Hall–Kier alpha value is -0.525. The van der Waals surface area contributed by atoms with Crippen molar-refractivity contribution in [2.75, 3.05) is 0 Å². The second kappa shape index (κ2) is 18.5. The van der Waals surface area contributed by atoms with Crippen molar-refractivity contribution >= 4 is 41.3 Å². The fourth-order valence-corrected chi connectivity index (χ4v) is 0.375. The van der Waals surface area contributed by atoms with Gasteiger partial charge >= 0.3 is 112 Å². The maximum absolute atomic E-state index is 10.1. The first-order valence-electron chi connectivity index (χ1n) is 3.92. The van der Waals surface area contributed by atoms with Gasteiger partial charge in [0.05, 0.1) is 0 Å².